The second-order valence-electron chi connectivity index (χ2n) is 6.18. The van der Waals surface area contributed by atoms with E-state index in [0.29, 0.717) is 39.3 Å². The average molecular weight is 405 g/mol. The van der Waals surface area contributed by atoms with Crippen LogP contribution in [0.2, 0.25) is 0 Å². The summed E-state index contributed by atoms with van der Waals surface area (Å²) in [5.41, 5.74) is 0.755. The molecule has 0 radical (unpaired) electrons. The Morgan fingerprint density at radius 3 is 2.50 bits per heavy atom. The van der Waals surface area contributed by atoms with Crippen LogP contribution in [-0.4, -0.2) is 42.5 Å². The van der Waals surface area contributed by atoms with E-state index in [9.17, 15) is 9.59 Å². The van der Waals surface area contributed by atoms with Crippen LogP contribution in [0, 0.1) is 0 Å². The molecule has 1 aromatic heterocycles. The zero-order valence-corrected chi connectivity index (χ0v) is 17.3. The van der Waals surface area contributed by atoms with Crippen LogP contribution >= 0.6 is 11.8 Å². The smallest absolute Gasteiger partial charge is 0.279 e. The number of ether oxygens (including phenoxy) is 3. The minimum absolute atomic E-state index is 0.107. The Kier molecular flexibility index (Phi) is 5.83. The summed E-state index contributed by atoms with van der Waals surface area (Å²) in [6.45, 7) is 1.98. The van der Waals surface area contributed by atoms with E-state index in [2.05, 4.69) is 10.3 Å². The van der Waals surface area contributed by atoms with Gasteiger partial charge in [-0.15, -0.1) is 0 Å². The molecule has 1 aliphatic heterocycles. The van der Waals surface area contributed by atoms with E-state index in [1.165, 1.54) is 33.1 Å². The van der Waals surface area contributed by atoms with Gasteiger partial charge in [0.15, 0.2) is 16.7 Å². The Hall–Kier alpha value is -2.68. The molecular formula is C19H23N3O5S. The predicted molar refractivity (Wildman–Crippen MR) is 107 cm³/mol. The fraction of sp³-hybridized carbons (Fsp3) is 0.421. The highest BCUT2D eigenvalue weighted by atomic mass is 32.2. The van der Waals surface area contributed by atoms with Gasteiger partial charge in [-0.25, -0.2) is 0 Å². The van der Waals surface area contributed by atoms with Crippen molar-refractivity contribution in [1.29, 1.82) is 0 Å². The quantitative estimate of drug-likeness (QED) is 0.583. The molecule has 9 heteroatoms. The first kappa shape index (κ1) is 20.1. The second kappa shape index (κ2) is 8.14. The van der Waals surface area contributed by atoms with Crippen molar-refractivity contribution in [3.05, 3.63) is 33.6 Å². The van der Waals surface area contributed by atoms with Crippen LogP contribution < -0.4 is 25.1 Å². The number of carbonyl (C=O) groups excluding carboxylic acids is 1. The topological polar surface area (TPSA) is 91.7 Å². The van der Waals surface area contributed by atoms with E-state index < -0.39 is 5.92 Å². The molecule has 0 unspecified atom stereocenters. The summed E-state index contributed by atoms with van der Waals surface area (Å²) >= 11 is 1.45. The Labute approximate surface area is 167 Å². The zero-order chi connectivity index (χ0) is 20.4. The third kappa shape index (κ3) is 3.30. The van der Waals surface area contributed by atoms with Crippen molar-refractivity contribution < 1.29 is 19.0 Å². The van der Waals surface area contributed by atoms with Gasteiger partial charge in [0, 0.05) is 24.9 Å². The predicted octanol–water partition coefficient (Wildman–Crippen LogP) is 2.39. The summed E-state index contributed by atoms with van der Waals surface area (Å²) in [4.78, 5) is 29.6. The highest BCUT2D eigenvalue weighted by Crippen LogP contribution is 2.46. The molecule has 2 heterocycles. The number of methoxy groups -OCH3 is 3. The fourth-order valence-corrected chi connectivity index (χ4v) is 4.15. The van der Waals surface area contributed by atoms with Crippen molar-refractivity contribution in [1.82, 2.24) is 9.55 Å². The van der Waals surface area contributed by atoms with E-state index in [1.54, 1.807) is 23.7 Å². The molecule has 1 atom stereocenters. The maximum absolute atomic E-state index is 12.9. The molecule has 1 N–H and O–H groups in total. The first-order valence-electron chi connectivity index (χ1n) is 8.79. The van der Waals surface area contributed by atoms with E-state index in [-0.39, 0.29) is 17.9 Å². The van der Waals surface area contributed by atoms with Crippen molar-refractivity contribution in [2.45, 2.75) is 24.4 Å². The fourth-order valence-electron chi connectivity index (χ4n) is 3.46. The van der Waals surface area contributed by atoms with Gasteiger partial charge in [-0.1, -0.05) is 24.8 Å². The van der Waals surface area contributed by atoms with Crippen molar-refractivity contribution >= 4 is 23.5 Å². The zero-order valence-electron chi connectivity index (χ0n) is 16.5. The molecular weight excluding hydrogens is 382 g/mol. The van der Waals surface area contributed by atoms with Crippen molar-refractivity contribution in [2.75, 3.05) is 32.4 Å². The Balaban J connectivity index is 2.26. The lowest BCUT2D eigenvalue weighted by atomic mass is 9.86. The van der Waals surface area contributed by atoms with Gasteiger partial charge in [-0.2, -0.15) is 4.98 Å². The normalized spacial score (nSPS) is 15.6. The summed E-state index contributed by atoms with van der Waals surface area (Å²) in [6.07, 6.45) is 0.107. The van der Waals surface area contributed by atoms with Gasteiger partial charge in [0.05, 0.1) is 26.9 Å². The molecule has 1 aromatic carbocycles. The third-order valence-electron chi connectivity index (χ3n) is 4.68. The van der Waals surface area contributed by atoms with Crippen LogP contribution in [0.4, 0.5) is 5.82 Å². The van der Waals surface area contributed by atoms with E-state index >= 15 is 0 Å². The lowest BCUT2D eigenvalue weighted by Gasteiger charge is -2.29. The maximum Gasteiger partial charge on any atom is 0.279 e. The number of hydrogen-bond acceptors (Lipinski definition) is 7. The van der Waals surface area contributed by atoms with Crippen LogP contribution in [-0.2, 0) is 11.8 Å². The second-order valence-corrected chi connectivity index (χ2v) is 7.41. The summed E-state index contributed by atoms with van der Waals surface area (Å²) < 4.78 is 18.1. The van der Waals surface area contributed by atoms with Crippen LogP contribution in [0.25, 0.3) is 0 Å². The van der Waals surface area contributed by atoms with E-state index in [1.807, 2.05) is 6.92 Å². The first-order valence-corrected chi connectivity index (χ1v) is 9.77. The summed E-state index contributed by atoms with van der Waals surface area (Å²) in [5.74, 6) is 1.89. The number of aromatic nitrogens is 2. The molecule has 0 aliphatic carbocycles. The van der Waals surface area contributed by atoms with Gasteiger partial charge in [-0.3, -0.25) is 9.59 Å². The Morgan fingerprint density at radius 1 is 1.18 bits per heavy atom. The SMILES string of the molecule is CCSc1nc(=O)c2c(n1C)NC(=O)C[C@@H]2c1ccc(OC)c(OC)c1OC. The van der Waals surface area contributed by atoms with Crippen LogP contribution in [0.5, 0.6) is 17.2 Å². The number of nitrogens with one attached hydrogen (secondary N) is 1. The molecule has 0 fully saturated rings. The first-order chi connectivity index (χ1) is 13.5. The number of benzene rings is 1. The van der Waals surface area contributed by atoms with Gasteiger partial charge in [0.2, 0.25) is 11.7 Å². The van der Waals surface area contributed by atoms with Crippen molar-refractivity contribution in [2.24, 2.45) is 7.05 Å². The van der Waals surface area contributed by atoms with Crippen LogP contribution in [0.1, 0.15) is 30.4 Å². The third-order valence-corrected chi connectivity index (χ3v) is 5.60. The number of thioether (sulfide) groups is 1. The Bertz CT molecular complexity index is 973. The van der Waals surface area contributed by atoms with Crippen molar-refractivity contribution in [3.63, 3.8) is 0 Å². The molecule has 0 spiro atoms. The molecule has 1 amide bonds. The number of amides is 1. The minimum Gasteiger partial charge on any atom is -0.493 e. The summed E-state index contributed by atoms with van der Waals surface area (Å²) in [7, 11) is 6.35. The van der Waals surface area contributed by atoms with Crippen LogP contribution in [0.3, 0.4) is 0 Å². The van der Waals surface area contributed by atoms with Gasteiger partial charge in [-0.05, 0) is 11.8 Å². The summed E-state index contributed by atoms with van der Waals surface area (Å²) in [5, 5.41) is 3.39. The molecule has 28 heavy (non-hydrogen) atoms. The highest BCUT2D eigenvalue weighted by molar-refractivity contribution is 7.99. The number of hydrogen-bond donors (Lipinski definition) is 1. The molecule has 150 valence electrons. The molecule has 0 bridgehead atoms. The number of rotatable bonds is 6. The minimum atomic E-state index is -0.509. The lowest BCUT2D eigenvalue weighted by molar-refractivity contribution is -0.116. The molecule has 1 aliphatic rings. The molecule has 0 saturated carbocycles. The largest absolute Gasteiger partial charge is 0.493 e. The van der Waals surface area contributed by atoms with Gasteiger partial charge >= 0.3 is 0 Å². The molecule has 8 nitrogen and oxygen atoms in total. The molecule has 2 aromatic rings. The van der Waals surface area contributed by atoms with Gasteiger partial charge in [0.25, 0.3) is 5.56 Å². The van der Waals surface area contributed by atoms with E-state index in [0.717, 1.165) is 5.75 Å². The number of fused-ring (bicyclic) bond motifs is 1. The molecule has 3 rings (SSSR count). The maximum atomic E-state index is 12.9. The standard InChI is InChI=1S/C19H23N3O5S/c1-6-28-19-21-18(24)14-11(9-13(23)20-17(14)22(19)2)10-7-8-12(25-3)16(27-5)15(10)26-4/h7-8,11H,6,9H2,1-5H3,(H,20,23)/t11-/m1/s1. The summed E-state index contributed by atoms with van der Waals surface area (Å²) in [6, 6.07) is 3.53. The van der Waals surface area contributed by atoms with Crippen LogP contribution in [0.15, 0.2) is 22.1 Å². The van der Waals surface area contributed by atoms with Gasteiger partial charge in [0.1, 0.15) is 5.82 Å². The number of anilines is 1. The monoisotopic (exact) mass is 405 g/mol. The van der Waals surface area contributed by atoms with Gasteiger partial charge < -0.3 is 24.1 Å². The Morgan fingerprint density at radius 2 is 1.89 bits per heavy atom. The number of carbonyl (C=O) groups is 1. The average Bonchev–Trinajstić information content (AvgIpc) is 2.69. The van der Waals surface area contributed by atoms with E-state index in [4.69, 9.17) is 14.2 Å². The molecule has 0 saturated heterocycles. The number of nitrogens with zero attached hydrogens (tertiary/aromatic N) is 2. The highest BCUT2D eigenvalue weighted by Gasteiger charge is 2.35. The lowest BCUT2D eigenvalue weighted by Crippen LogP contribution is -2.33. The van der Waals surface area contributed by atoms with Crippen molar-refractivity contribution in [3.8, 4) is 17.2 Å².